The van der Waals surface area contributed by atoms with Crippen molar-refractivity contribution in [3.63, 3.8) is 0 Å². The second-order valence-corrected chi connectivity index (χ2v) is 6.36. The van der Waals surface area contributed by atoms with Gasteiger partial charge in [0.1, 0.15) is 0 Å². The van der Waals surface area contributed by atoms with E-state index in [1.165, 1.54) is 0 Å². The third-order valence-electron chi connectivity index (χ3n) is 4.25. The van der Waals surface area contributed by atoms with Crippen LogP contribution in [-0.2, 0) is 4.79 Å². The molecule has 6 heteroatoms. The first-order valence-electron chi connectivity index (χ1n) is 8.45. The van der Waals surface area contributed by atoms with Crippen molar-refractivity contribution in [3.8, 4) is 0 Å². The molecule has 1 N–H and O–H groups in total. The highest BCUT2D eigenvalue weighted by atomic mass is 16.3. The minimum atomic E-state index is 0.0449. The van der Waals surface area contributed by atoms with Gasteiger partial charge in [-0.2, -0.15) is 0 Å². The van der Waals surface area contributed by atoms with E-state index in [0.717, 1.165) is 38.3 Å². The van der Waals surface area contributed by atoms with Gasteiger partial charge in [0.25, 0.3) is 0 Å². The van der Waals surface area contributed by atoms with Gasteiger partial charge in [-0.1, -0.05) is 18.7 Å². The van der Waals surface area contributed by atoms with Crippen LogP contribution in [0.5, 0.6) is 0 Å². The van der Waals surface area contributed by atoms with Crippen molar-refractivity contribution in [1.29, 1.82) is 0 Å². The first kappa shape index (κ1) is 20.1. The molecule has 0 bridgehead atoms. The maximum absolute atomic E-state index is 11.9. The molecule has 0 saturated carbocycles. The Morgan fingerprint density at radius 2 is 1.46 bits per heavy atom. The number of hydrogen-bond acceptors (Lipinski definition) is 5. The molecule has 1 rings (SSSR count). The molecule has 1 aliphatic rings. The molecule has 6 nitrogen and oxygen atoms in total. The lowest BCUT2D eigenvalue weighted by molar-refractivity contribution is -0.129. The van der Waals surface area contributed by atoms with Crippen LogP contribution in [-0.4, -0.2) is 89.5 Å². The molecular weight excluding hydrogens is 304 g/mol. The Hall–Kier alpha value is -1.95. The Kier molecular flexibility index (Phi) is 8.40. The molecule has 0 unspecified atom stereocenters. The SMILES string of the molecule is C=CN1CCN(CC(=C)C)CCN(C(C)=O)CCN(C(=C)O)CC1. The van der Waals surface area contributed by atoms with E-state index >= 15 is 0 Å². The third-order valence-corrected chi connectivity index (χ3v) is 4.25. The van der Waals surface area contributed by atoms with E-state index in [0.29, 0.717) is 26.2 Å². The summed E-state index contributed by atoms with van der Waals surface area (Å²) in [7, 11) is 0. The highest BCUT2D eigenvalue weighted by molar-refractivity contribution is 5.73. The number of hydrogen-bond donors (Lipinski definition) is 1. The first-order valence-corrected chi connectivity index (χ1v) is 8.45. The number of carbonyl (C=O) groups is 1. The minimum Gasteiger partial charge on any atom is -0.495 e. The van der Waals surface area contributed by atoms with Gasteiger partial charge in [0.15, 0.2) is 5.88 Å². The number of amides is 1. The molecule has 1 fully saturated rings. The highest BCUT2D eigenvalue weighted by Crippen LogP contribution is 2.05. The van der Waals surface area contributed by atoms with Crippen LogP contribution in [0.1, 0.15) is 13.8 Å². The van der Waals surface area contributed by atoms with Crippen LogP contribution in [0.25, 0.3) is 0 Å². The summed E-state index contributed by atoms with van der Waals surface area (Å²) in [5.41, 5.74) is 1.12. The van der Waals surface area contributed by atoms with Crippen LogP contribution < -0.4 is 0 Å². The lowest BCUT2D eigenvalue weighted by Crippen LogP contribution is -2.46. The first-order chi connectivity index (χ1) is 11.3. The number of rotatable bonds is 4. The molecule has 1 heterocycles. The largest absolute Gasteiger partial charge is 0.495 e. The molecule has 0 aromatic rings. The normalized spacial score (nSPS) is 18.5. The zero-order valence-electron chi connectivity index (χ0n) is 15.2. The second kappa shape index (κ2) is 10.0. The van der Waals surface area contributed by atoms with Crippen molar-refractivity contribution < 1.29 is 9.90 Å². The zero-order chi connectivity index (χ0) is 18.1. The lowest BCUT2D eigenvalue weighted by Gasteiger charge is -2.34. The standard InChI is InChI=1S/C18H32N4O2/c1-6-19-7-8-20(15-16(2)3)10-12-22(18(5)24)14-13-21(11-9-19)17(4)23/h6,23H,1-2,4,7-15H2,3,5H3. The van der Waals surface area contributed by atoms with E-state index in [2.05, 4.69) is 29.5 Å². The highest BCUT2D eigenvalue weighted by Gasteiger charge is 2.17. The number of nitrogens with zero attached hydrogens (tertiary/aromatic N) is 4. The van der Waals surface area contributed by atoms with Gasteiger partial charge in [-0.05, 0) is 19.7 Å². The summed E-state index contributed by atoms with van der Waals surface area (Å²) in [6.07, 6.45) is 1.84. The maximum atomic E-state index is 11.9. The van der Waals surface area contributed by atoms with Crippen LogP contribution in [0.15, 0.2) is 37.4 Å². The smallest absolute Gasteiger partial charge is 0.219 e. The minimum absolute atomic E-state index is 0.0449. The fourth-order valence-electron chi connectivity index (χ4n) is 2.77. The molecule has 1 saturated heterocycles. The second-order valence-electron chi connectivity index (χ2n) is 6.36. The predicted molar refractivity (Wildman–Crippen MR) is 98.6 cm³/mol. The molecule has 0 aromatic carbocycles. The average molecular weight is 336 g/mol. The van der Waals surface area contributed by atoms with Gasteiger partial charge in [0.05, 0.1) is 0 Å². The zero-order valence-corrected chi connectivity index (χ0v) is 15.2. The summed E-state index contributed by atoms with van der Waals surface area (Å²) in [5, 5.41) is 9.77. The molecule has 0 aromatic heterocycles. The van der Waals surface area contributed by atoms with Gasteiger partial charge in [-0.3, -0.25) is 9.69 Å². The Labute approximate surface area is 146 Å². The Bertz CT molecular complexity index is 464. The average Bonchev–Trinajstić information content (AvgIpc) is 2.49. The van der Waals surface area contributed by atoms with Gasteiger partial charge in [0, 0.05) is 65.8 Å². The molecule has 136 valence electrons. The van der Waals surface area contributed by atoms with Gasteiger partial charge in [-0.25, -0.2) is 0 Å². The fourth-order valence-corrected chi connectivity index (χ4v) is 2.77. The summed E-state index contributed by atoms with van der Waals surface area (Å²) < 4.78 is 0. The summed E-state index contributed by atoms with van der Waals surface area (Å²) >= 11 is 0. The molecule has 0 radical (unpaired) electrons. The monoisotopic (exact) mass is 336 g/mol. The van der Waals surface area contributed by atoms with Crippen molar-refractivity contribution >= 4 is 5.91 Å². The van der Waals surface area contributed by atoms with E-state index in [-0.39, 0.29) is 11.8 Å². The van der Waals surface area contributed by atoms with Crippen molar-refractivity contribution in [3.05, 3.63) is 37.4 Å². The van der Waals surface area contributed by atoms with Gasteiger partial charge >= 0.3 is 0 Å². The Balaban J connectivity index is 2.84. The Morgan fingerprint density at radius 3 is 2.00 bits per heavy atom. The number of aliphatic hydroxyl groups excluding tert-OH is 1. The topological polar surface area (TPSA) is 50.3 Å². The summed E-state index contributed by atoms with van der Waals surface area (Å²) in [4.78, 5) is 20.0. The molecule has 1 amide bonds. The lowest BCUT2D eigenvalue weighted by atomic mass is 10.3. The van der Waals surface area contributed by atoms with Crippen LogP contribution in [0.4, 0.5) is 0 Å². The van der Waals surface area contributed by atoms with Crippen LogP contribution in [0, 0.1) is 0 Å². The van der Waals surface area contributed by atoms with Crippen LogP contribution in [0.3, 0.4) is 0 Å². The maximum Gasteiger partial charge on any atom is 0.219 e. The van der Waals surface area contributed by atoms with Crippen molar-refractivity contribution in [1.82, 2.24) is 19.6 Å². The number of aliphatic hydroxyl groups is 1. The van der Waals surface area contributed by atoms with Crippen molar-refractivity contribution in [2.24, 2.45) is 0 Å². The summed E-state index contributed by atoms with van der Waals surface area (Å²) in [6.45, 7) is 21.7. The van der Waals surface area contributed by atoms with Gasteiger partial charge in [-0.15, -0.1) is 0 Å². The van der Waals surface area contributed by atoms with E-state index in [1.54, 1.807) is 11.8 Å². The molecular formula is C18H32N4O2. The summed E-state index contributed by atoms with van der Waals surface area (Å²) in [6, 6.07) is 0. The molecule has 24 heavy (non-hydrogen) atoms. The van der Waals surface area contributed by atoms with Gasteiger partial charge < -0.3 is 19.8 Å². The van der Waals surface area contributed by atoms with E-state index in [4.69, 9.17) is 0 Å². The predicted octanol–water partition coefficient (Wildman–Crippen LogP) is 1.50. The van der Waals surface area contributed by atoms with E-state index in [9.17, 15) is 9.90 Å². The third kappa shape index (κ3) is 7.08. The van der Waals surface area contributed by atoms with E-state index < -0.39 is 0 Å². The van der Waals surface area contributed by atoms with Crippen LogP contribution in [0.2, 0.25) is 0 Å². The quantitative estimate of drug-likeness (QED) is 0.623. The molecule has 0 atom stereocenters. The molecule has 0 aliphatic carbocycles. The van der Waals surface area contributed by atoms with Crippen molar-refractivity contribution in [2.75, 3.05) is 58.9 Å². The molecule has 0 spiro atoms. The van der Waals surface area contributed by atoms with Gasteiger partial charge in [0.2, 0.25) is 5.91 Å². The van der Waals surface area contributed by atoms with Crippen molar-refractivity contribution in [2.45, 2.75) is 13.8 Å². The number of carbonyl (C=O) groups excluding carboxylic acids is 1. The fraction of sp³-hybridized carbons (Fsp3) is 0.611. The van der Waals surface area contributed by atoms with E-state index in [1.807, 2.05) is 18.0 Å². The molecule has 1 aliphatic heterocycles. The van der Waals surface area contributed by atoms with Crippen LogP contribution >= 0.6 is 0 Å². The summed E-state index contributed by atoms with van der Waals surface area (Å²) in [5.74, 6) is 0.0991. The Morgan fingerprint density at radius 1 is 0.958 bits per heavy atom.